The third kappa shape index (κ3) is 2.45. The van der Waals surface area contributed by atoms with E-state index < -0.39 is 0 Å². The summed E-state index contributed by atoms with van der Waals surface area (Å²) in [7, 11) is 0. The SMILES string of the molecule is CC1CNCC(C)(C)N1Cc1ccccc1. The van der Waals surface area contributed by atoms with E-state index in [1.807, 2.05) is 0 Å². The van der Waals surface area contributed by atoms with Gasteiger partial charge in [-0.15, -0.1) is 0 Å². The number of benzene rings is 1. The molecule has 0 bridgehead atoms. The molecule has 1 atom stereocenters. The maximum absolute atomic E-state index is 3.50. The molecule has 1 saturated heterocycles. The topological polar surface area (TPSA) is 15.3 Å². The molecule has 0 amide bonds. The van der Waals surface area contributed by atoms with Crippen LogP contribution in [0, 0.1) is 0 Å². The molecule has 88 valence electrons. The standard InChI is InChI=1S/C14H22N2/c1-12-9-15-11-14(2,3)16(12)10-13-7-5-4-6-8-13/h4-8,12,15H,9-11H2,1-3H3. The lowest BCUT2D eigenvalue weighted by molar-refractivity contribution is 0.0375. The van der Waals surface area contributed by atoms with Gasteiger partial charge in [-0.3, -0.25) is 4.90 Å². The van der Waals surface area contributed by atoms with Gasteiger partial charge in [-0.25, -0.2) is 0 Å². The van der Waals surface area contributed by atoms with Crippen LogP contribution in [-0.2, 0) is 6.54 Å². The summed E-state index contributed by atoms with van der Waals surface area (Å²) in [6.07, 6.45) is 0. The molecule has 0 saturated carbocycles. The van der Waals surface area contributed by atoms with Crippen LogP contribution in [0.4, 0.5) is 0 Å². The summed E-state index contributed by atoms with van der Waals surface area (Å²) in [6, 6.07) is 11.3. The van der Waals surface area contributed by atoms with Crippen LogP contribution in [0.25, 0.3) is 0 Å². The Morgan fingerprint density at radius 3 is 2.62 bits per heavy atom. The van der Waals surface area contributed by atoms with Gasteiger partial charge in [0, 0.05) is 31.2 Å². The summed E-state index contributed by atoms with van der Waals surface area (Å²) in [5, 5.41) is 3.50. The van der Waals surface area contributed by atoms with Gasteiger partial charge < -0.3 is 5.32 Å². The Labute approximate surface area is 98.7 Å². The van der Waals surface area contributed by atoms with E-state index in [0.717, 1.165) is 19.6 Å². The van der Waals surface area contributed by atoms with Crippen LogP contribution in [0.1, 0.15) is 26.3 Å². The van der Waals surface area contributed by atoms with Crippen molar-refractivity contribution >= 4 is 0 Å². The summed E-state index contributed by atoms with van der Waals surface area (Å²) in [5.41, 5.74) is 1.65. The molecule has 1 aliphatic heterocycles. The second kappa shape index (κ2) is 4.56. The van der Waals surface area contributed by atoms with Crippen LogP contribution in [0.2, 0.25) is 0 Å². The van der Waals surface area contributed by atoms with Gasteiger partial charge in [-0.05, 0) is 26.3 Å². The Hall–Kier alpha value is -0.860. The molecule has 0 aliphatic carbocycles. The Morgan fingerprint density at radius 1 is 1.31 bits per heavy atom. The largest absolute Gasteiger partial charge is 0.313 e. The number of piperazine rings is 1. The number of hydrogen-bond donors (Lipinski definition) is 1. The highest BCUT2D eigenvalue weighted by atomic mass is 15.3. The summed E-state index contributed by atoms with van der Waals surface area (Å²) in [6.45, 7) is 10.2. The first-order valence-electron chi connectivity index (χ1n) is 6.11. The zero-order valence-electron chi connectivity index (χ0n) is 10.5. The number of rotatable bonds is 2. The van der Waals surface area contributed by atoms with Crippen LogP contribution in [-0.4, -0.2) is 29.6 Å². The molecule has 2 nitrogen and oxygen atoms in total. The molecule has 0 spiro atoms. The van der Waals surface area contributed by atoms with Gasteiger partial charge in [0.1, 0.15) is 0 Å². The first-order chi connectivity index (χ1) is 7.59. The lowest BCUT2D eigenvalue weighted by Gasteiger charge is -2.47. The zero-order valence-corrected chi connectivity index (χ0v) is 10.5. The zero-order chi connectivity index (χ0) is 11.6. The molecule has 1 unspecified atom stereocenters. The fourth-order valence-corrected chi connectivity index (χ4v) is 2.55. The Bertz CT molecular complexity index is 332. The van der Waals surface area contributed by atoms with Crippen LogP contribution in [0.5, 0.6) is 0 Å². The molecule has 1 heterocycles. The predicted molar refractivity (Wildman–Crippen MR) is 68.4 cm³/mol. The van der Waals surface area contributed by atoms with Gasteiger partial charge >= 0.3 is 0 Å². The van der Waals surface area contributed by atoms with Crippen molar-refractivity contribution in [3.05, 3.63) is 35.9 Å². The van der Waals surface area contributed by atoms with Crippen molar-refractivity contribution in [1.82, 2.24) is 10.2 Å². The van der Waals surface area contributed by atoms with E-state index in [1.54, 1.807) is 0 Å². The second-order valence-electron chi connectivity index (χ2n) is 5.41. The summed E-state index contributed by atoms with van der Waals surface area (Å²) in [5.74, 6) is 0. The van der Waals surface area contributed by atoms with E-state index in [9.17, 15) is 0 Å². The monoisotopic (exact) mass is 218 g/mol. The van der Waals surface area contributed by atoms with Gasteiger partial charge in [0.05, 0.1) is 0 Å². The maximum atomic E-state index is 3.50. The van der Waals surface area contributed by atoms with E-state index in [-0.39, 0.29) is 5.54 Å². The predicted octanol–water partition coefficient (Wildman–Crippen LogP) is 2.26. The van der Waals surface area contributed by atoms with Gasteiger partial charge in [-0.2, -0.15) is 0 Å². The van der Waals surface area contributed by atoms with Gasteiger partial charge in [0.15, 0.2) is 0 Å². The van der Waals surface area contributed by atoms with Crippen LogP contribution >= 0.6 is 0 Å². The molecule has 1 aromatic rings. The normalized spacial score (nSPS) is 25.6. The molecule has 1 aliphatic rings. The fraction of sp³-hybridized carbons (Fsp3) is 0.571. The van der Waals surface area contributed by atoms with E-state index in [1.165, 1.54) is 5.56 Å². The van der Waals surface area contributed by atoms with Crippen molar-refractivity contribution in [3.63, 3.8) is 0 Å². The molecular weight excluding hydrogens is 196 g/mol. The molecule has 16 heavy (non-hydrogen) atoms. The lowest BCUT2D eigenvalue weighted by atomic mass is 9.96. The summed E-state index contributed by atoms with van der Waals surface area (Å²) < 4.78 is 0. The first kappa shape index (κ1) is 11.6. The van der Waals surface area contributed by atoms with Crippen molar-refractivity contribution in [2.24, 2.45) is 0 Å². The Morgan fingerprint density at radius 2 is 2.00 bits per heavy atom. The third-order valence-corrected chi connectivity index (χ3v) is 3.50. The molecule has 1 N–H and O–H groups in total. The molecule has 2 heteroatoms. The Kier molecular flexibility index (Phi) is 3.31. The molecule has 1 fully saturated rings. The van der Waals surface area contributed by atoms with E-state index in [4.69, 9.17) is 0 Å². The van der Waals surface area contributed by atoms with Crippen LogP contribution in [0.15, 0.2) is 30.3 Å². The average molecular weight is 218 g/mol. The first-order valence-corrected chi connectivity index (χ1v) is 6.11. The molecule has 1 aromatic carbocycles. The average Bonchev–Trinajstić information content (AvgIpc) is 2.25. The molecule has 0 radical (unpaired) electrons. The van der Waals surface area contributed by atoms with E-state index in [2.05, 4.69) is 61.3 Å². The quantitative estimate of drug-likeness (QED) is 0.819. The summed E-state index contributed by atoms with van der Waals surface area (Å²) in [4.78, 5) is 2.60. The lowest BCUT2D eigenvalue weighted by Crippen LogP contribution is -2.61. The highest BCUT2D eigenvalue weighted by molar-refractivity contribution is 5.15. The summed E-state index contributed by atoms with van der Waals surface area (Å²) >= 11 is 0. The van der Waals surface area contributed by atoms with Crippen molar-refractivity contribution in [2.45, 2.75) is 38.9 Å². The van der Waals surface area contributed by atoms with Crippen LogP contribution < -0.4 is 5.32 Å². The maximum Gasteiger partial charge on any atom is 0.0284 e. The van der Waals surface area contributed by atoms with Crippen molar-refractivity contribution in [1.29, 1.82) is 0 Å². The van der Waals surface area contributed by atoms with Crippen LogP contribution in [0.3, 0.4) is 0 Å². The highest BCUT2D eigenvalue weighted by Crippen LogP contribution is 2.23. The minimum Gasteiger partial charge on any atom is -0.313 e. The number of nitrogens with zero attached hydrogens (tertiary/aromatic N) is 1. The molecule has 0 aromatic heterocycles. The minimum absolute atomic E-state index is 0.244. The molecule has 2 rings (SSSR count). The Balaban J connectivity index is 2.12. The van der Waals surface area contributed by atoms with Gasteiger partial charge in [0.2, 0.25) is 0 Å². The van der Waals surface area contributed by atoms with Crippen molar-refractivity contribution in [2.75, 3.05) is 13.1 Å². The van der Waals surface area contributed by atoms with Gasteiger partial charge in [-0.1, -0.05) is 30.3 Å². The fourth-order valence-electron chi connectivity index (χ4n) is 2.55. The van der Waals surface area contributed by atoms with E-state index >= 15 is 0 Å². The minimum atomic E-state index is 0.244. The number of nitrogens with one attached hydrogen (secondary N) is 1. The second-order valence-corrected chi connectivity index (χ2v) is 5.41. The van der Waals surface area contributed by atoms with Crippen molar-refractivity contribution < 1.29 is 0 Å². The van der Waals surface area contributed by atoms with E-state index in [0.29, 0.717) is 6.04 Å². The van der Waals surface area contributed by atoms with Gasteiger partial charge in [0.25, 0.3) is 0 Å². The smallest absolute Gasteiger partial charge is 0.0284 e. The third-order valence-electron chi connectivity index (χ3n) is 3.50. The van der Waals surface area contributed by atoms with Crippen molar-refractivity contribution in [3.8, 4) is 0 Å². The highest BCUT2D eigenvalue weighted by Gasteiger charge is 2.33. The number of hydrogen-bond acceptors (Lipinski definition) is 2. The molecular formula is C14H22N2.